The molecule has 0 saturated heterocycles. The van der Waals surface area contributed by atoms with Gasteiger partial charge in [0.05, 0.1) is 0 Å². The Bertz CT molecular complexity index is 213. The molecule has 2 nitrogen and oxygen atoms in total. The van der Waals surface area contributed by atoms with Gasteiger partial charge in [-0.3, -0.25) is 0 Å². The first-order valence-electron chi connectivity index (χ1n) is 5.97. The van der Waals surface area contributed by atoms with E-state index in [0.29, 0.717) is 30.8 Å². The lowest BCUT2D eigenvalue weighted by molar-refractivity contribution is -0.173. The lowest BCUT2D eigenvalue weighted by Gasteiger charge is -2.18. The number of hydrogen-bond acceptors (Lipinski definition) is 2. The predicted molar refractivity (Wildman–Crippen MR) is 61.3 cm³/mol. The first-order chi connectivity index (χ1) is 8.03. The van der Waals surface area contributed by atoms with E-state index >= 15 is 0 Å². The third-order valence-corrected chi connectivity index (χ3v) is 3.39. The lowest BCUT2D eigenvalue weighted by atomic mass is 10.1. The van der Waals surface area contributed by atoms with Gasteiger partial charge in [-0.2, -0.15) is 13.2 Å². The molecule has 0 aliphatic heterocycles. The fourth-order valence-corrected chi connectivity index (χ4v) is 2.51. The van der Waals surface area contributed by atoms with Crippen molar-refractivity contribution in [1.29, 1.82) is 0 Å². The molecule has 0 radical (unpaired) electrons. The molecular weight excluding hydrogens is 255 g/mol. The normalized spacial score (nSPS) is 25.4. The molecule has 6 heteroatoms. The minimum absolute atomic E-state index is 0.144. The van der Waals surface area contributed by atoms with Crippen molar-refractivity contribution < 1.29 is 17.9 Å². The van der Waals surface area contributed by atoms with E-state index in [1.54, 1.807) is 0 Å². The smallest absolute Gasteiger partial charge is 0.372 e. The van der Waals surface area contributed by atoms with Gasteiger partial charge in [0.15, 0.2) is 0 Å². The molecule has 1 aliphatic rings. The second-order valence-corrected chi connectivity index (χ2v) is 4.74. The van der Waals surface area contributed by atoms with Crippen molar-refractivity contribution in [3.05, 3.63) is 0 Å². The molecule has 0 spiro atoms. The summed E-state index contributed by atoms with van der Waals surface area (Å²) in [5, 5.41) is 3.33. The number of rotatable bonds is 7. The standard InChI is InChI=1S/C11H19ClF3NO/c12-7-9-3-1-4-10(9)16-5-2-6-17-8-11(13,14)15/h9-10,16H,1-8H2. The van der Waals surface area contributed by atoms with Crippen molar-refractivity contribution >= 4 is 11.6 Å². The van der Waals surface area contributed by atoms with Crippen molar-refractivity contribution in [3.8, 4) is 0 Å². The topological polar surface area (TPSA) is 21.3 Å². The molecule has 0 bridgehead atoms. The second kappa shape index (κ2) is 7.44. The summed E-state index contributed by atoms with van der Waals surface area (Å²) in [6, 6.07) is 0.426. The molecule has 0 amide bonds. The SMILES string of the molecule is FC(F)(F)COCCCNC1CCCC1CCl. The fraction of sp³-hybridized carbons (Fsp3) is 1.00. The third-order valence-electron chi connectivity index (χ3n) is 2.99. The largest absolute Gasteiger partial charge is 0.411 e. The van der Waals surface area contributed by atoms with Gasteiger partial charge in [0, 0.05) is 18.5 Å². The first-order valence-corrected chi connectivity index (χ1v) is 6.50. The summed E-state index contributed by atoms with van der Waals surface area (Å²) in [5.41, 5.74) is 0. The van der Waals surface area contributed by atoms with Crippen LogP contribution in [0.5, 0.6) is 0 Å². The summed E-state index contributed by atoms with van der Waals surface area (Å²) in [4.78, 5) is 0. The predicted octanol–water partition coefficient (Wildman–Crippen LogP) is 2.95. The third kappa shape index (κ3) is 6.48. The van der Waals surface area contributed by atoms with Crippen molar-refractivity contribution in [1.82, 2.24) is 5.32 Å². The van der Waals surface area contributed by atoms with E-state index < -0.39 is 12.8 Å². The molecule has 1 rings (SSSR count). The average Bonchev–Trinajstić information content (AvgIpc) is 2.69. The molecule has 0 heterocycles. The quantitative estimate of drug-likeness (QED) is 0.569. The van der Waals surface area contributed by atoms with Gasteiger partial charge in [0.1, 0.15) is 6.61 Å². The van der Waals surface area contributed by atoms with Gasteiger partial charge >= 0.3 is 6.18 Å². The van der Waals surface area contributed by atoms with Crippen LogP contribution in [0.1, 0.15) is 25.7 Å². The van der Waals surface area contributed by atoms with Crippen LogP contribution < -0.4 is 5.32 Å². The molecule has 0 aromatic rings. The zero-order valence-electron chi connectivity index (χ0n) is 9.73. The number of halogens is 4. The van der Waals surface area contributed by atoms with Gasteiger partial charge in [0.2, 0.25) is 0 Å². The first kappa shape index (κ1) is 15.1. The maximum absolute atomic E-state index is 11.8. The van der Waals surface area contributed by atoms with E-state index in [-0.39, 0.29) is 6.61 Å². The second-order valence-electron chi connectivity index (χ2n) is 4.43. The van der Waals surface area contributed by atoms with Crippen molar-refractivity contribution in [3.63, 3.8) is 0 Å². The van der Waals surface area contributed by atoms with Crippen LogP contribution in [0.4, 0.5) is 13.2 Å². The zero-order chi connectivity index (χ0) is 12.7. The Morgan fingerprint density at radius 1 is 1.29 bits per heavy atom. The Labute approximate surface area is 105 Å². The highest BCUT2D eigenvalue weighted by molar-refractivity contribution is 6.18. The summed E-state index contributed by atoms with van der Waals surface area (Å²) < 4.78 is 39.8. The molecule has 1 fully saturated rings. The van der Waals surface area contributed by atoms with E-state index in [9.17, 15) is 13.2 Å². The summed E-state index contributed by atoms with van der Waals surface area (Å²) in [5.74, 6) is 1.16. The highest BCUT2D eigenvalue weighted by Gasteiger charge is 2.27. The Morgan fingerprint density at radius 3 is 2.71 bits per heavy atom. The number of hydrogen-bond donors (Lipinski definition) is 1. The molecule has 1 N–H and O–H groups in total. The summed E-state index contributed by atoms with van der Waals surface area (Å²) in [6.45, 7) is -0.318. The number of ether oxygens (including phenoxy) is 1. The van der Waals surface area contributed by atoms with Crippen LogP contribution in [-0.2, 0) is 4.74 Å². The van der Waals surface area contributed by atoms with Gasteiger partial charge in [-0.1, -0.05) is 6.42 Å². The molecule has 102 valence electrons. The van der Waals surface area contributed by atoms with Crippen LogP contribution in [0.15, 0.2) is 0 Å². The van der Waals surface area contributed by atoms with Crippen LogP contribution in [0.2, 0.25) is 0 Å². The minimum Gasteiger partial charge on any atom is -0.372 e. The number of alkyl halides is 4. The average molecular weight is 274 g/mol. The van der Waals surface area contributed by atoms with E-state index in [1.165, 1.54) is 6.42 Å². The van der Waals surface area contributed by atoms with E-state index in [0.717, 1.165) is 12.8 Å². The van der Waals surface area contributed by atoms with Crippen molar-refractivity contribution in [2.24, 2.45) is 5.92 Å². The molecule has 2 unspecified atom stereocenters. The Morgan fingerprint density at radius 2 is 2.06 bits per heavy atom. The number of nitrogens with one attached hydrogen (secondary N) is 1. The van der Waals surface area contributed by atoms with Crippen LogP contribution in [0, 0.1) is 5.92 Å². The van der Waals surface area contributed by atoms with Gasteiger partial charge in [-0.15, -0.1) is 11.6 Å². The van der Waals surface area contributed by atoms with Gasteiger partial charge in [-0.25, -0.2) is 0 Å². The Kier molecular flexibility index (Phi) is 6.59. The molecule has 1 saturated carbocycles. The van der Waals surface area contributed by atoms with Crippen LogP contribution >= 0.6 is 11.6 Å². The molecule has 1 aliphatic carbocycles. The zero-order valence-corrected chi connectivity index (χ0v) is 10.5. The van der Waals surface area contributed by atoms with E-state index in [1.807, 2.05) is 0 Å². The molecule has 17 heavy (non-hydrogen) atoms. The summed E-state index contributed by atoms with van der Waals surface area (Å²) in [7, 11) is 0. The molecular formula is C11H19ClF3NO. The maximum Gasteiger partial charge on any atom is 0.411 e. The minimum atomic E-state index is -4.22. The van der Waals surface area contributed by atoms with Gasteiger partial charge < -0.3 is 10.1 Å². The highest BCUT2D eigenvalue weighted by Crippen LogP contribution is 2.26. The van der Waals surface area contributed by atoms with Crippen LogP contribution in [0.25, 0.3) is 0 Å². The maximum atomic E-state index is 11.8. The molecule has 2 atom stereocenters. The highest BCUT2D eigenvalue weighted by atomic mass is 35.5. The lowest BCUT2D eigenvalue weighted by Crippen LogP contribution is -2.34. The van der Waals surface area contributed by atoms with Gasteiger partial charge in [-0.05, 0) is 31.7 Å². The van der Waals surface area contributed by atoms with Crippen molar-refractivity contribution in [2.45, 2.75) is 37.9 Å². The summed E-state index contributed by atoms with van der Waals surface area (Å²) >= 11 is 5.83. The molecule has 0 aromatic carbocycles. The van der Waals surface area contributed by atoms with E-state index in [4.69, 9.17) is 11.6 Å². The van der Waals surface area contributed by atoms with Gasteiger partial charge in [0.25, 0.3) is 0 Å². The van der Waals surface area contributed by atoms with Crippen LogP contribution in [-0.4, -0.2) is 37.9 Å². The molecule has 0 aromatic heterocycles. The van der Waals surface area contributed by atoms with Crippen molar-refractivity contribution in [2.75, 3.05) is 25.6 Å². The Balaban J connectivity index is 1.97. The van der Waals surface area contributed by atoms with E-state index in [2.05, 4.69) is 10.1 Å². The summed E-state index contributed by atoms with van der Waals surface area (Å²) in [6.07, 6.45) is -0.184. The Hall–Kier alpha value is 0. The van der Waals surface area contributed by atoms with Crippen LogP contribution in [0.3, 0.4) is 0 Å². The monoisotopic (exact) mass is 273 g/mol. The fourth-order valence-electron chi connectivity index (χ4n) is 2.14.